The van der Waals surface area contributed by atoms with Crippen molar-refractivity contribution < 1.29 is 4.79 Å². The van der Waals surface area contributed by atoms with Crippen molar-refractivity contribution in [1.82, 2.24) is 0 Å². The molecule has 3 N–H and O–H groups in total. The second kappa shape index (κ2) is 7.28. The maximum atomic E-state index is 12.0. The monoisotopic (exact) mass is 278 g/mol. The lowest BCUT2D eigenvalue weighted by atomic mass is 10.1. The molecule has 0 unspecified atom stereocenters. The molecule has 2 rings (SSSR count). The van der Waals surface area contributed by atoms with E-state index in [1.165, 1.54) is 0 Å². The number of carbonyl (C=O) groups is 1. The first-order valence-electron chi connectivity index (χ1n) is 6.82. The summed E-state index contributed by atoms with van der Waals surface area (Å²) in [6, 6.07) is 15.4. The molecule has 106 valence electrons. The molecule has 1 amide bonds. The third-order valence-corrected chi connectivity index (χ3v) is 3.05. The molecule has 0 radical (unpaired) electrons. The Morgan fingerprint density at radius 2 is 1.95 bits per heavy atom. The molecule has 3 heteroatoms. The van der Waals surface area contributed by atoms with Crippen molar-refractivity contribution in [3.63, 3.8) is 0 Å². The Morgan fingerprint density at radius 1 is 1.19 bits per heavy atom. The lowest BCUT2D eigenvalue weighted by Gasteiger charge is -2.07. The van der Waals surface area contributed by atoms with Crippen molar-refractivity contribution in [3.8, 4) is 11.8 Å². The number of aryl methyl sites for hydroxylation is 1. The molecular weight excluding hydrogens is 260 g/mol. The summed E-state index contributed by atoms with van der Waals surface area (Å²) in [5, 5.41) is 2.90. The van der Waals surface area contributed by atoms with Gasteiger partial charge in [-0.15, -0.1) is 0 Å². The Bertz CT molecular complexity index is 681. The first kappa shape index (κ1) is 14.8. The van der Waals surface area contributed by atoms with E-state index in [9.17, 15) is 4.79 Å². The average molecular weight is 278 g/mol. The van der Waals surface area contributed by atoms with E-state index in [1.54, 1.807) is 0 Å². The highest BCUT2D eigenvalue weighted by molar-refractivity contribution is 5.92. The van der Waals surface area contributed by atoms with Crippen LogP contribution in [0.25, 0.3) is 0 Å². The first-order chi connectivity index (χ1) is 10.2. The predicted molar refractivity (Wildman–Crippen MR) is 85.9 cm³/mol. The van der Waals surface area contributed by atoms with Crippen molar-refractivity contribution in [2.45, 2.75) is 13.3 Å². The normalized spacial score (nSPS) is 9.62. The Hall–Kier alpha value is -2.57. The van der Waals surface area contributed by atoms with Gasteiger partial charge in [0.15, 0.2) is 0 Å². The van der Waals surface area contributed by atoms with Crippen LogP contribution >= 0.6 is 0 Å². The molecule has 3 nitrogen and oxygen atoms in total. The lowest BCUT2D eigenvalue weighted by molar-refractivity contribution is -0.115. The topological polar surface area (TPSA) is 55.1 Å². The maximum Gasteiger partial charge on any atom is 0.228 e. The largest absolute Gasteiger partial charge is 0.326 e. The highest BCUT2D eigenvalue weighted by Crippen LogP contribution is 2.15. The van der Waals surface area contributed by atoms with Gasteiger partial charge in [-0.2, -0.15) is 0 Å². The van der Waals surface area contributed by atoms with Gasteiger partial charge in [0.1, 0.15) is 0 Å². The van der Waals surface area contributed by atoms with E-state index in [2.05, 4.69) is 17.2 Å². The second-order valence-corrected chi connectivity index (χ2v) is 4.75. The van der Waals surface area contributed by atoms with Crippen LogP contribution in [0.2, 0.25) is 0 Å². The standard InChI is InChI=1S/C18H18N2O/c1-14-9-10-17(13-16(14)8-5-11-19)20-18(21)12-15-6-3-2-4-7-15/h2-4,6-7,9-10,13H,11-12,19H2,1H3,(H,20,21). The number of carbonyl (C=O) groups excluding carboxylic acids is 1. The van der Waals surface area contributed by atoms with E-state index in [4.69, 9.17) is 5.73 Å². The van der Waals surface area contributed by atoms with Crippen molar-refractivity contribution in [2.75, 3.05) is 11.9 Å². The number of hydrogen-bond donors (Lipinski definition) is 2. The molecule has 0 aliphatic heterocycles. The predicted octanol–water partition coefficient (Wildman–Crippen LogP) is 2.49. The molecule has 0 heterocycles. The summed E-state index contributed by atoms with van der Waals surface area (Å²) in [7, 11) is 0. The zero-order chi connectivity index (χ0) is 15.1. The van der Waals surface area contributed by atoms with E-state index < -0.39 is 0 Å². The summed E-state index contributed by atoms with van der Waals surface area (Å²) < 4.78 is 0. The summed E-state index contributed by atoms with van der Waals surface area (Å²) >= 11 is 0. The van der Waals surface area contributed by atoms with Crippen LogP contribution in [0.3, 0.4) is 0 Å². The molecule has 0 atom stereocenters. The third-order valence-electron chi connectivity index (χ3n) is 3.05. The molecule has 0 spiro atoms. The van der Waals surface area contributed by atoms with Crippen molar-refractivity contribution in [3.05, 3.63) is 65.2 Å². The summed E-state index contributed by atoms with van der Waals surface area (Å²) in [5.41, 5.74) is 9.09. The quantitative estimate of drug-likeness (QED) is 0.848. The molecule has 21 heavy (non-hydrogen) atoms. The van der Waals surface area contributed by atoms with Gasteiger partial charge in [0, 0.05) is 11.3 Å². The van der Waals surface area contributed by atoms with Crippen LogP contribution in [0.5, 0.6) is 0 Å². The first-order valence-corrected chi connectivity index (χ1v) is 6.82. The van der Waals surface area contributed by atoms with E-state index in [1.807, 2.05) is 55.5 Å². The lowest BCUT2D eigenvalue weighted by Crippen LogP contribution is -2.14. The molecule has 0 saturated heterocycles. The third kappa shape index (κ3) is 4.48. The minimum Gasteiger partial charge on any atom is -0.326 e. The Kier molecular flexibility index (Phi) is 5.14. The second-order valence-electron chi connectivity index (χ2n) is 4.75. The Balaban J connectivity index is 2.07. The maximum absolute atomic E-state index is 12.0. The van der Waals surface area contributed by atoms with Crippen LogP contribution in [0.4, 0.5) is 5.69 Å². The molecule has 0 aliphatic rings. The van der Waals surface area contributed by atoms with Gasteiger partial charge in [0.25, 0.3) is 0 Å². The van der Waals surface area contributed by atoms with Crippen LogP contribution in [-0.2, 0) is 11.2 Å². The molecule has 0 aromatic heterocycles. The summed E-state index contributed by atoms with van der Waals surface area (Å²) in [4.78, 5) is 12.0. The zero-order valence-electron chi connectivity index (χ0n) is 12.0. The van der Waals surface area contributed by atoms with E-state index in [-0.39, 0.29) is 5.91 Å². The average Bonchev–Trinajstić information content (AvgIpc) is 2.48. The van der Waals surface area contributed by atoms with Crippen LogP contribution in [-0.4, -0.2) is 12.5 Å². The van der Waals surface area contributed by atoms with E-state index in [0.717, 1.165) is 22.4 Å². The fourth-order valence-corrected chi connectivity index (χ4v) is 1.97. The number of nitrogens with two attached hydrogens (primary N) is 1. The van der Waals surface area contributed by atoms with Gasteiger partial charge in [-0.05, 0) is 30.2 Å². The van der Waals surface area contributed by atoms with Gasteiger partial charge in [-0.3, -0.25) is 4.79 Å². The number of hydrogen-bond acceptors (Lipinski definition) is 2. The molecular formula is C18H18N2O. The summed E-state index contributed by atoms with van der Waals surface area (Å²) in [6.45, 7) is 2.31. The Labute approximate surface area is 125 Å². The molecule has 2 aromatic carbocycles. The molecule has 0 aliphatic carbocycles. The fourth-order valence-electron chi connectivity index (χ4n) is 1.97. The van der Waals surface area contributed by atoms with Gasteiger partial charge < -0.3 is 11.1 Å². The van der Waals surface area contributed by atoms with Crippen LogP contribution in [0, 0.1) is 18.8 Å². The van der Waals surface area contributed by atoms with Crippen molar-refractivity contribution in [1.29, 1.82) is 0 Å². The minimum absolute atomic E-state index is 0.0391. The smallest absolute Gasteiger partial charge is 0.228 e. The molecule has 0 bridgehead atoms. The number of amides is 1. The minimum atomic E-state index is -0.0391. The van der Waals surface area contributed by atoms with Gasteiger partial charge in [0.2, 0.25) is 5.91 Å². The van der Waals surface area contributed by atoms with Crippen molar-refractivity contribution >= 4 is 11.6 Å². The van der Waals surface area contributed by atoms with Gasteiger partial charge in [-0.25, -0.2) is 0 Å². The molecule has 2 aromatic rings. The van der Waals surface area contributed by atoms with Gasteiger partial charge in [-0.1, -0.05) is 48.2 Å². The number of anilines is 1. The fraction of sp³-hybridized carbons (Fsp3) is 0.167. The van der Waals surface area contributed by atoms with E-state index >= 15 is 0 Å². The van der Waals surface area contributed by atoms with E-state index in [0.29, 0.717) is 13.0 Å². The Morgan fingerprint density at radius 3 is 2.67 bits per heavy atom. The van der Waals surface area contributed by atoms with Crippen LogP contribution in [0.15, 0.2) is 48.5 Å². The number of rotatable bonds is 3. The number of benzene rings is 2. The highest BCUT2D eigenvalue weighted by Gasteiger charge is 2.05. The SMILES string of the molecule is Cc1ccc(NC(=O)Cc2ccccc2)cc1C#CCN. The molecule has 0 saturated carbocycles. The number of nitrogens with one attached hydrogen (secondary N) is 1. The van der Waals surface area contributed by atoms with Crippen LogP contribution < -0.4 is 11.1 Å². The van der Waals surface area contributed by atoms with Gasteiger partial charge >= 0.3 is 0 Å². The molecule has 0 fully saturated rings. The summed E-state index contributed by atoms with van der Waals surface area (Å²) in [5.74, 6) is 5.80. The zero-order valence-corrected chi connectivity index (χ0v) is 12.0. The highest BCUT2D eigenvalue weighted by atomic mass is 16.1. The van der Waals surface area contributed by atoms with Crippen LogP contribution in [0.1, 0.15) is 16.7 Å². The summed E-state index contributed by atoms with van der Waals surface area (Å²) in [6.07, 6.45) is 0.360. The van der Waals surface area contributed by atoms with Crippen molar-refractivity contribution in [2.24, 2.45) is 5.73 Å². The van der Waals surface area contributed by atoms with Gasteiger partial charge in [0.05, 0.1) is 13.0 Å².